The van der Waals surface area contributed by atoms with E-state index in [1.807, 2.05) is 13.1 Å². The first-order valence-corrected chi connectivity index (χ1v) is 10.0. The summed E-state index contributed by atoms with van der Waals surface area (Å²) in [5.41, 5.74) is 3.47. The third kappa shape index (κ3) is 3.65. The molecule has 0 unspecified atom stereocenters. The molecule has 6 heteroatoms. The summed E-state index contributed by atoms with van der Waals surface area (Å²) in [6.07, 6.45) is 9.96. The number of allylic oxidation sites excluding steroid dienone is 2. The predicted molar refractivity (Wildman–Crippen MR) is 110 cm³/mol. The highest BCUT2D eigenvalue weighted by Gasteiger charge is 2.29. The fraction of sp³-hybridized carbons (Fsp3) is 0.364. The van der Waals surface area contributed by atoms with Crippen molar-refractivity contribution in [2.45, 2.75) is 39.0 Å². The zero-order valence-electron chi connectivity index (χ0n) is 15.8. The van der Waals surface area contributed by atoms with Gasteiger partial charge in [0.1, 0.15) is 11.5 Å². The second kappa shape index (κ2) is 8.12. The van der Waals surface area contributed by atoms with Crippen molar-refractivity contribution in [3.63, 3.8) is 0 Å². The van der Waals surface area contributed by atoms with Crippen molar-refractivity contribution in [1.82, 2.24) is 15.0 Å². The molecule has 0 aromatic carbocycles. The van der Waals surface area contributed by atoms with Gasteiger partial charge in [-0.1, -0.05) is 30.4 Å². The lowest BCUT2D eigenvalue weighted by molar-refractivity contribution is 0.103. The molecule has 0 atom stereocenters. The van der Waals surface area contributed by atoms with Crippen LogP contribution in [-0.2, 0) is 6.42 Å². The zero-order chi connectivity index (χ0) is 19.5. The fourth-order valence-corrected chi connectivity index (χ4v) is 3.85. The molecule has 0 saturated carbocycles. The van der Waals surface area contributed by atoms with Gasteiger partial charge >= 0.3 is 0 Å². The van der Waals surface area contributed by atoms with E-state index in [4.69, 9.17) is 11.6 Å². The van der Waals surface area contributed by atoms with Crippen LogP contribution in [0.4, 0.5) is 5.82 Å². The average molecular weight is 393 g/mol. The molecule has 4 rings (SSSR count). The lowest BCUT2D eigenvalue weighted by atomic mass is 10.0. The van der Waals surface area contributed by atoms with Crippen molar-refractivity contribution in [2.24, 2.45) is 0 Å². The number of anilines is 1. The average Bonchev–Trinajstić information content (AvgIpc) is 2.99. The first-order chi connectivity index (χ1) is 13.7. The molecule has 28 heavy (non-hydrogen) atoms. The number of ketones is 1. The van der Waals surface area contributed by atoms with Crippen LogP contribution in [0.3, 0.4) is 0 Å². The van der Waals surface area contributed by atoms with Crippen LogP contribution in [0.1, 0.15) is 54.4 Å². The van der Waals surface area contributed by atoms with Gasteiger partial charge in [0, 0.05) is 24.8 Å². The minimum atomic E-state index is -0.123. The number of hydrogen-bond acceptors (Lipinski definition) is 5. The molecule has 5 nitrogen and oxygen atoms in total. The van der Waals surface area contributed by atoms with Crippen LogP contribution in [0.25, 0.3) is 5.57 Å². The van der Waals surface area contributed by atoms with Gasteiger partial charge in [-0.25, -0.2) is 4.98 Å². The third-order valence-electron chi connectivity index (χ3n) is 5.13. The standard InChI is InChI=1S/C22H21ClN4O/c1-2-17-18(22(28)21-19(17)11-15(23)12-26-21)8-6-7-16-13-25-20(14-24-16)27-9-4-3-5-10-27/h11-14H,2-5,7,9-10H2,1H3. The fourth-order valence-electron chi connectivity index (χ4n) is 3.69. The molecule has 0 bridgehead atoms. The van der Waals surface area contributed by atoms with Gasteiger partial charge < -0.3 is 4.90 Å². The molecule has 1 saturated heterocycles. The molecule has 2 aliphatic rings. The molecule has 1 aliphatic carbocycles. The highest BCUT2D eigenvalue weighted by atomic mass is 35.5. The van der Waals surface area contributed by atoms with E-state index < -0.39 is 0 Å². The summed E-state index contributed by atoms with van der Waals surface area (Å²) in [4.78, 5) is 28.1. The summed E-state index contributed by atoms with van der Waals surface area (Å²) in [6, 6.07) is 1.79. The topological polar surface area (TPSA) is 59.0 Å². The van der Waals surface area contributed by atoms with Crippen LogP contribution >= 0.6 is 11.6 Å². The van der Waals surface area contributed by atoms with E-state index in [1.54, 1.807) is 12.3 Å². The second-order valence-corrected chi connectivity index (χ2v) is 7.41. The monoisotopic (exact) mass is 392 g/mol. The molecule has 1 aliphatic heterocycles. The summed E-state index contributed by atoms with van der Waals surface area (Å²) in [5, 5.41) is 0.524. The number of pyridine rings is 1. The van der Waals surface area contributed by atoms with E-state index in [1.165, 1.54) is 25.5 Å². The normalized spacial score (nSPS) is 16.1. The van der Waals surface area contributed by atoms with Gasteiger partial charge in [0.25, 0.3) is 0 Å². The largest absolute Gasteiger partial charge is 0.355 e. The molecule has 0 N–H and O–H groups in total. The molecule has 2 aromatic heterocycles. The summed E-state index contributed by atoms with van der Waals surface area (Å²) in [7, 11) is 0. The predicted octanol–water partition coefficient (Wildman–Crippen LogP) is 4.12. The van der Waals surface area contributed by atoms with Crippen molar-refractivity contribution in [2.75, 3.05) is 18.0 Å². The SMILES string of the molecule is CCC1=C(C#CCc2cnc(N3CCCCC3)cn2)C(=O)c2ncc(Cl)cc21. The van der Waals surface area contributed by atoms with E-state index in [2.05, 4.69) is 31.7 Å². The van der Waals surface area contributed by atoms with Gasteiger partial charge in [-0.3, -0.25) is 14.8 Å². The zero-order valence-corrected chi connectivity index (χ0v) is 16.6. The van der Waals surface area contributed by atoms with Crippen LogP contribution in [0, 0.1) is 11.8 Å². The molecular weight excluding hydrogens is 372 g/mol. The Kier molecular flexibility index (Phi) is 5.40. The number of carbonyl (C=O) groups excluding carboxylic acids is 1. The minimum absolute atomic E-state index is 0.123. The van der Waals surface area contributed by atoms with Crippen LogP contribution in [-0.4, -0.2) is 33.8 Å². The van der Waals surface area contributed by atoms with Gasteiger partial charge in [-0.05, 0) is 37.3 Å². The maximum Gasteiger partial charge on any atom is 0.220 e. The number of aromatic nitrogens is 3. The number of hydrogen-bond donors (Lipinski definition) is 0. The van der Waals surface area contributed by atoms with Gasteiger partial charge in [0.05, 0.1) is 35.1 Å². The Labute approximate surface area is 169 Å². The Bertz CT molecular complexity index is 995. The van der Waals surface area contributed by atoms with Crippen molar-refractivity contribution in [3.8, 4) is 11.8 Å². The maximum absolute atomic E-state index is 12.6. The number of fused-ring (bicyclic) bond motifs is 1. The molecule has 3 heterocycles. The lowest BCUT2D eigenvalue weighted by Crippen LogP contribution is -2.30. The number of Topliss-reactive ketones (excluding diaryl/α,β-unsaturated/α-hetero) is 1. The van der Waals surface area contributed by atoms with Gasteiger partial charge in [-0.2, -0.15) is 0 Å². The molecule has 0 amide bonds. The highest BCUT2D eigenvalue weighted by molar-refractivity contribution is 6.31. The van der Waals surface area contributed by atoms with E-state index in [9.17, 15) is 4.79 Å². The second-order valence-electron chi connectivity index (χ2n) is 6.98. The summed E-state index contributed by atoms with van der Waals surface area (Å²) in [5.74, 6) is 6.93. The first-order valence-electron chi connectivity index (χ1n) is 9.66. The van der Waals surface area contributed by atoms with Crippen molar-refractivity contribution in [3.05, 3.63) is 52.2 Å². The third-order valence-corrected chi connectivity index (χ3v) is 5.34. The molecular formula is C22H21ClN4O. The maximum atomic E-state index is 12.6. The minimum Gasteiger partial charge on any atom is -0.355 e. The first kappa shape index (κ1) is 18.6. The molecule has 1 fully saturated rings. The van der Waals surface area contributed by atoms with E-state index >= 15 is 0 Å². The summed E-state index contributed by atoms with van der Waals surface area (Å²) < 4.78 is 0. The van der Waals surface area contributed by atoms with Crippen LogP contribution in [0.5, 0.6) is 0 Å². The Morgan fingerprint density at radius 3 is 2.64 bits per heavy atom. The summed E-state index contributed by atoms with van der Waals surface area (Å²) >= 11 is 6.04. The molecule has 0 radical (unpaired) electrons. The molecule has 142 valence electrons. The van der Waals surface area contributed by atoms with Gasteiger partial charge in [-0.15, -0.1) is 0 Å². The van der Waals surface area contributed by atoms with E-state index in [0.717, 1.165) is 35.7 Å². The quantitative estimate of drug-likeness (QED) is 0.735. The molecule has 2 aromatic rings. The Morgan fingerprint density at radius 1 is 1.11 bits per heavy atom. The van der Waals surface area contributed by atoms with Crippen molar-refractivity contribution < 1.29 is 4.79 Å². The highest BCUT2D eigenvalue weighted by Crippen LogP contribution is 2.34. The van der Waals surface area contributed by atoms with E-state index in [0.29, 0.717) is 29.1 Å². The van der Waals surface area contributed by atoms with E-state index in [-0.39, 0.29) is 5.78 Å². The van der Waals surface area contributed by atoms with Crippen LogP contribution < -0.4 is 4.90 Å². The lowest BCUT2D eigenvalue weighted by Gasteiger charge is -2.27. The Morgan fingerprint density at radius 2 is 1.93 bits per heavy atom. The smallest absolute Gasteiger partial charge is 0.220 e. The number of halogens is 1. The van der Waals surface area contributed by atoms with Crippen molar-refractivity contribution >= 4 is 28.8 Å². The van der Waals surface area contributed by atoms with Crippen LogP contribution in [0.15, 0.2) is 30.2 Å². The van der Waals surface area contributed by atoms with Crippen LogP contribution in [0.2, 0.25) is 5.02 Å². The van der Waals surface area contributed by atoms with Gasteiger partial charge in [0.2, 0.25) is 5.78 Å². The van der Waals surface area contributed by atoms with Crippen molar-refractivity contribution in [1.29, 1.82) is 0 Å². The Hall–Kier alpha value is -2.71. The number of carbonyl (C=O) groups is 1. The Balaban J connectivity index is 1.50. The number of piperidine rings is 1. The molecule has 0 spiro atoms. The number of nitrogens with zero attached hydrogens (tertiary/aromatic N) is 4. The van der Waals surface area contributed by atoms with Gasteiger partial charge in [0.15, 0.2) is 0 Å². The number of rotatable bonds is 3. The summed E-state index contributed by atoms with van der Waals surface area (Å²) in [6.45, 7) is 4.09.